The first kappa shape index (κ1) is 16.7. The molecule has 6 nitrogen and oxygen atoms in total. The zero-order valence-electron chi connectivity index (χ0n) is 9.72. The zero-order chi connectivity index (χ0) is 11.4. The highest BCUT2D eigenvalue weighted by molar-refractivity contribution is 5.85. The molecular formula is C10H16Cl2N6. The molecule has 1 fully saturated rings. The maximum absolute atomic E-state index is 8.69. The number of anilines is 2. The number of nitrogen functional groups attached to an aromatic ring is 1. The molecule has 0 radical (unpaired) electrons. The summed E-state index contributed by atoms with van der Waals surface area (Å²) < 4.78 is 0. The molecule has 2 rings (SSSR count). The van der Waals surface area contributed by atoms with E-state index < -0.39 is 0 Å². The molecule has 1 aromatic rings. The molecule has 1 saturated heterocycles. The van der Waals surface area contributed by atoms with Gasteiger partial charge in [0.25, 0.3) is 0 Å². The van der Waals surface area contributed by atoms with Gasteiger partial charge in [-0.05, 0) is 25.9 Å². The Labute approximate surface area is 118 Å². The molecule has 1 aliphatic rings. The van der Waals surface area contributed by atoms with Crippen LogP contribution in [0.25, 0.3) is 0 Å². The first-order chi connectivity index (χ1) is 7.79. The predicted molar refractivity (Wildman–Crippen MR) is 75.2 cm³/mol. The van der Waals surface area contributed by atoms with E-state index in [2.05, 4.69) is 20.6 Å². The summed E-state index contributed by atoms with van der Waals surface area (Å²) in [4.78, 5) is 8.11. The third-order valence-electron chi connectivity index (χ3n) is 2.61. The minimum absolute atomic E-state index is 0. The van der Waals surface area contributed by atoms with Crippen LogP contribution in [0.3, 0.4) is 0 Å². The summed E-state index contributed by atoms with van der Waals surface area (Å²) in [6.45, 7) is 2.01. The van der Waals surface area contributed by atoms with Gasteiger partial charge >= 0.3 is 0 Å². The van der Waals surface area contributed by atoms with Gasteiger partial charge in [-0.25, -0.2) is 4.98 Å². The van der Waals surface area contributed by atoms with Crippen molar-refractivity contribution in [1.29, 1.82) is 5.26 Å². The lowest BCUT2D eigenvalue weighted by Gasteiger charge is -2.23. The van der Waals surface area contributed by atoms with Crippen LogP contribution in [0.4, 0.5) is 11.8 Å². The van der Waals surface area contributed by atoms with E-state index in [4.69, 9.17) is 11.0 Å². The van der Waals surface area contributed by atoms with E-state index in [1.807, 2.05) is 6.07 Å². The lowest BCUT2D eigenvalue weighted by Crippen LogP contribution is -2.35. The minimum Gasteiger partial charge on any atom is -0.382 e. The van der Waals surface area contributed by atoms with E-state index in [1.165, 1.54) is 6.20 Å². The number of halogens is 2. The van der Waals surface area contributed by atoms with Crippen molar-refractivity contribution < 1.29 is 0 Å². The summed E-state index contributed by atoms with van der Waals surface area (Å²) in [5.41, 5.74) is 5.93. The van der Waals surface area contributed by atoms with Gasteiger partial charge in [-0.1, -0.05) is 0 Å². The van der Waals surface area contributed by atoms with Gasteiger partial charge in [-0.15, -0.1) is 24.8 Å². The lowest BCUT2D eigenvalue weighted by atomic mass is 10.1. The number of hydrogen-bond acceptors (Lipinski definition) is 6. The van der Waals surface area contributed by atoms with E-state index in [-0.39, 0.29) is 30.6 Å². The first-order valence-electron chi connectivity index (χ1n) is 5.29. The van der Waals surface area contributed by atoms with Gasteiger partial charge in [0, 0.05) is 6.04 Å². The third kappa shape index (κ3) is 4.18. The van der Waals surface area contributed by atoms with Crippen LogP contribution in [-0.4, -0.2) is 29.1 Å². The van der Waals surface area contributed by atoms with Crippen molar-refractivity contribution in [2.75, 3.05) is 24.1 Å². The molecule has 4 N–H and O–H groups in total. The van der Waals surface area contributed by atoms with Gasteiger partial charge in [-0.3, -0.25) is 0 Å². The average Bonchev–Trinajstić information content (AvgIpc) is 2.31. The highest BCUT2D eigenvalue weighted by atomic mass is 35.5. The number of rotatable bonds is 2. The van der Waals surface area contributed by atoms with Crippen LogP contribution < -0.4 is 16.4 Å². The Morgan fingerprint density at radius 2 is 2.06 bits per heavy atom. The number of nitrogens with one attached hydrogen (secondary N) is 2. The second kappa shape index (κ2) is 7.93. The van der Waals surface area contributed by atoms with Crippen molar-refractivity contribution in [3.63, 3.8) is 0 Å². The molecule has 18 heavy (non-hydrogen) atoms. The van der Waals surface area contributed by atoms with E-state index in [0.29, 0.717) is 17.6 Å². The first-order valence-corrected chi connectivity index (χ1v) is 5.29. The summed E-state index contributed by atoms with van der Waals surface area (Å²) >= 11 is 0. The Bertz CT molecular complexity index is 413. The van der Waals surface area contributed by atoms with Gasteiger partial charge in [0.2, 0.25) is 5.95 Å². The molecule has 0 amide bonds. The Kier molecular flexibility index (Phi) is 7.36. The largest absolute Gasteiger partial charge is 0.382 e. The van der Waals surface area contributed by atoms with Gasteiger partial charge < -0.3 is 16.4 Å². The molecule has 0 atom stereocenters. The lowest BCUT2D eigenvalue weighted by molar-refractivity contribution is 0.477. The number of piperidine rings is 1. The quantitative estimate of drug-likeness (QED) is 0.750. The SMILES string of the molecule is Cl.Cl.N#Cc1cnc(NC2CCNCC2)nc1N. The molecule has 0 aliphatic carbocycles. The number of nitrogens with two attached hydrogens (primary N) is 1. The molecular weight excluding hydrogens is 275 g/mol. The minimum atomic E-state index is 0. The second-order valence-corrected chi connectivity index (χ2v) is 3.77. The maximum Gasteiger partial charge on any atom is 0.224 e. The van der Waals surface area contributed by atoms with Crippen LogP contribution in [0.15, 0.2) is 6.20 Å². The molecule has 0 bridgehead atoms. The predicted octanol–water partition coefficient (Wildman–Crippen LogP) is 0.938. The average molecular weight is 291 g/mol. The van der Waals surface area contributed by atoms with E-state index in [9.17, 15) is 0 Å². The van der Waals surface area contributed by atoms with Gasteiger partial charge in [0.15, 0.2) is 0 Å². The maximum atomic E-state index is 8.69. The van der Waals surface area contributed by atoms with Crippen molar-refractivity contribution >= 4 is 36.6 Å². The van der Waals surface area contributed by atoms with Gasteiger partial charge in [0.1, 0.15) is 17.5 Å². The number of hydrogen-bond donors (Lipinski definition) is 3. The molecule has 1 aromatic heterocycles. The van der Waals surface area contributed by atoms with E-state index >= 15 is 0 Å². The van der Waals surface area contributed by atoms with Crippen molar-refractivity contribution in [2.45, 2.75) is 18.9 Å². The topological polar surface area (TPSA) is 99.6 Å². The van der Waals surface area contributed by atoms with Crippen molar-refractivity contribution in [3.05, 3.63) is 11.8 Å². The van der Waals surface area contributed by atoms with Gasteiger partial charge in [-0.2, -0.15) is 10.2 Å². The molecule has 0 spiro atoms. The summed E-state index contributed by atoms with van der Waals surface area (Å²) in [5, 5.41) is 15.2. The summed E-state index contributed by atoms with van der Waals surface area (Å²) in [6.07, 6.45) is 3.54. The summed E-state index contributed by atoms with van der Waals surface area (Å²) in [5.74, 6) is 0.734. The Balaban J connectivity index is 0.00000144. The molecule has 8 heteroatoms. The monoisotopic (exact) mass is 290 g/mol. The Morgan fingerprint density at radius 1 is 1.39 bits per heavy atom. The molecule has 0 aromatic carbocycles. The standard InChI is InChI=1S/C10H14N6.2ClH/c11-5-7-6-14-10(16-9(7)12)15-8-1-3-13-4-2-8;;/h6,8,13H,1-4H2,(H3,12,14,15,16);2*1H. The summed E-state index contributed by atoms with van der Waals surface area (Å²) in [6, 6.07) is 2.32. The van der Waals surface area contributed by atoms with E-state index in [1.54, 1.807) is 0 Å². The zero-order valence-corrected chi connectivity index (χ0v) is 11.4. The molecule has 100 valence electrons. The third-order valence-corrected chi connectivity index (χ3v) is 2.61. The van der Waals surface area contributed by atoms with Crippen molar-refractivity contribution in [1.82, 2.24) is 15.3 Å². The smallest absolute Gasteiger partial charge is 0.224 e. The fourth-order valence-corrected chi connectivity index (χ4v) is 1.70. The van der Waals surface area contributed by atoms with Gasteiger partial charge in [0.05, 0.1) is 6.20 Å². The molecule has 1 aliphatic heterocycles. The number of aromatic nitrogens is 2. The summed E-state index contributed by atoms with van der Waals surface area (Å²) in [7, 11) is 0. The molecule has 2 heterocycles. The van der Waals surface area contributed by atoms with Crippen LogP contribution >= 0.6 is 24.8 Å². The van der Waals surface area contributed by atoms with Crippen LogP contribution in [0, 0.1) is 11.3 Å². The van der Waals surface area contributed by atoms with Crippen LogP contribution in [0.5, 0.6) is 0 Å². The second-order valence-electron chi connectivity index (χ2n) is 3.77. The Morgan fingerprint density at radius 3 is 2.61 bits per heavy atom. The number of nitriles is 1. The van der Waals surface area contributed by atoms with Crippen LogP contribution in [0.2, 0.25) is 0 Å². The fourth-order valence-electron chi connectivity index (χ4n) is 1.70. The molecule has 0 saturated carbocycles. The normalized spacial score (nSPS) is 14.8. The van der Waals surface area contributed by atoms with Crippen molar-refractivity contribution in [2.24, 2.45) is 0 Å². The van der Waals surface area contributed by atoms with E-state index in [0.717, 1.165) is 25.9 Å². The highest BCUT2D eigenvalue weighted by Crippen LogP contribution is 2.12. The van der Waals surface area contributed by atoms with Crippen LogP contribution in [0.1, 0.15) is 18.4 Å². The number of nitrogens with zero attached hydrogens (tertiary/aromatic N) is 3. The fraction of sp³-hybridized carbons (Fsp3) is 0.500. The Hall–Kier alpha value is -1.29. The van der Waals surface area contributed by atoms with Crippen molar-refractivity contribution in [3.8, 4) is 6.07 Å². The van der Waals surface area contributed by atoms with Crippen LogP contribution in [-0.2, 0) is 0 Å². The highest BCUT2D eigenvalue weighted by Gasteiger charge is 2.14. The molecule has 0 unspecified atom stereocenters.